The predicted molar refractivity (Wildman–Crippen MR) is 122 cm³/mol. The molecule has 2 aromatic rings. The molecule has 31 heavy (non-hydrogen) atoms. The van der Waals surface area contributed by atoms with Gasteiger partial charge < -0.3 is 4.90 Å². The van der Waals surface area contributed by atoms with E-state index in [0.29, 0.717) is 19.6 Å². The number of nitrogens with zero attached hydrogens (tertiary/aromatic N) is 3. The fourth-order valence-electron chi connectivity index (χ4n) is 4.49. The number of rotatable bonds is 5. The van der Waals surface area contributed by atoms with E-state index < -0.39 is 15.9 Å². The van der Waals surface area contributed by atoms with Gasteiger partial charge in [-0.15, -0.1) is 0 Å². The molecule has 0 bridgehead atoms. The molecule has 0 spiro atoms. The molecule has 6 nitrogen and oxygen atoms in total. The van der Waals surface area contributed by atoms with Crippen LogP contribution >= 0.6 is 0 Å². The second-order valence-electron chi connectivity index (χ2n) is 8.44. The third-order valence-electron chi connectivity index (χ3n) is 6.24. The lowest BCUT2D eigenvalue weighted by atomic mass is 10.0. The van der Waals surface area contributed by atoms with Crippen LogP contribution in [0.2, 0.25) is 0 Å². The largest absolute Gasteiger partial charge is 0.340 e. The van der Waals surface area contributed by atoms with Crippen LogP contribution in [0.1, 0.15) is 23.6 Å². The summed E-state index contributed by atoms with van der Waals surface area (Å²) in [5.41, 5.74) is 2.23. The van der Waals surface area contributed by atoms with Crippen molar-refractivity contribution in [2.24, 2.45) is 0 Å². The molecule has 0 aliphatic carbocycles. The molecule has 0 radical (unpaired) electrons. The molecule has 1 atom stereocenters. The van der Waals surface area contributed by atoms with Gasteiger partial charge in [0.1, 0.15) is 6.04 Å². The highest BCUT2D eigenvalue weighted by molar-refractivity contribution is 7.91. The molecule has 2 fully saturated rings. The molecule has 2 aliphatic heterocycles. The Bertz CT molecular complexity index is 952. The Morgan fingerprint density at radius 3 is 2.13 bits per heavy atom. The summed E-state index contributed by atoms with van der Waals surface area (Å²) in [6.45, 7) is 4.95. The molecule has 2 aromatic carbocycles. The van der Waals surface area contributed by atoms with Gasteiger partial charge in [-0.05, 0) is 17.5 Å². The molecule has 1 unspecified atom stereocenters. The first-order chi connectivity index (χ1) is 15.0. The number of carbonyl (C=O) groups excluding carboxylic acids is 1. The van der Waals surface area contributed by atoms with Crippen LogP contribution in [0.15, 0.2) is 60.7 Å². The molecule has 4 rings (SSSR count). The molecular formula is C24H31N3O3S. The quantitative estimate of drug-likeness (QED) is 0.712. The summed E-state index contributed by atoms with van der Waals surface area (Å²) in [6, 6.07) is 19.8. The predicted octanol–water partition coefficient (Wildman–Crippen LogP) is 2.19. The zero-order valence-electron chi connectivity index (χ0n) is 17.9. The minimum absolute atomic E-state index is 0.0899. The van der Waals surface area contributed by atoms with Gasteiger partial charge in [0, 0.05) is 45.8 Å². The summed E-state index contributed by atoms with van der Waals surface area (Å²) in [6.07, 6.45) is 0.939. The number of hydrogen-bond donors (Lipinski definition) is 0. The molecule has 2 saturated heterocycles. The maximum absolute atomic E-state index is 13.7. The molecule has 166 valence electrons. The Morgan fingerprint density at radius 2 is 1.45 bits per heavy atom. The zero-order valence-corrected chi connectivity index (χ0v) is 18.7. The third kappa shape index (κ3) is 5.73. The highest BCUT2D eigenvalue weighted by Gasteiger charge is 2.35. The van der Waals surface area contributed by atoms with E-state index >= 15 is 0 Å². The van der Waals surface area contributed by atoms with E-state index in [2.05, 4.69) is 29.2 Å². The minimum Gasteiger partial charge on any atom is -0.340 e. The van der Waals surface area contributed by atoms with Crippen LogP contribution in [-0.4, -0.2) is 79.8 Å². The highest BCUT2D eigenvalue weighted by Crippen LogP contribution is 2.26. The van der Waals surface area contributed by atoms with Crippen molar-refractivity contribution in [1.29, 1.82) is 0 Å². The van der Waals surface area contributed by atoms with E-state index in [4.69, 9.17) is 0 Å². The van der Waals surface area contributed by atoms with E-state index in [1.54, 1.807) is 0 Å². The summed E-state index contributed by atoms with van der Waals surface area (Å²) < 4.78 is 23.9. The lowest BCUT2D eigenvalue weighted by Gasteiger charge is -2.36. The smallest absolute Gasteiger partial charge is 0.244 e. The summed E-state index contributed by atoms with van der Waals surface area (Å²) in [4.78, 5) is 20.1. The van der Waals surface area contributed by atoms with Gasteiger partial charge >= 0.3 is 0 Å². The van der Waals surface area contributed by atoms with Crippen molar-refractivity contribution in [3.63, 3.8) is 0 Å². The Hall–Kier alpha value is -2.22. The topological polar surface area (TPSA) is 60.9 Å². The fourth-order valence-corrected chi connectivity index (χ4v) is 5.72. The Balaban J connectivity index is 1.46. The van der Waals surface area contributed by atoms with Gasteiger partial charge in [-0.3, -0.25) is 14.6 Å². The maximum atomic E-state index is 13.7. The monoisotopic (exact) mass is 441 g/mol. The van der Waals surface area contributed by atoms with E-state index in [0.717, 1.165) is 38.2 Å². The summed E-state index contributed by atoms with van der Waals surface area (Å²) >= 11 is 0. The number of sulfone groups is 1. The first kappa shape index (κ1) is 22.0. The van der Waals surface area contributed by atoms with Crippen molar-refractivity contribution in [1.82, 2.24) is 14.7 Å². The van der Waals surface area contributed by atoms with Gasteiger partial charge in [-0.1, -0.05) is 60.7 Å². The van der Waals surface area contributed by atoms with Crippen molar-refractivity contribution in [3.8, 4) is 0 Å². The Morgan fingerprint density at radius 1 is 0.806 bits per heavy atom. The first-order valence-electron chi connectivity index (χ1n) is 11.1. The molecule has 2 heterocycles. The van der Waals surface area contributed by atoms with Crippen LogP contribution in [0.5, 0.6) is 0 Å². The van der Waals surface area contributed by atoms with Gasteiger partial charge in [0.15, 0.2) is 9.84 Å². The normalized spacial score (nSPS) is 21.4. The number of amides is 1. The molecule has 0 aromatic heterocycles. The zero-order chi connectivity index (χ0) is 21.7. The molecule has 7 heteroatoms. The maximum Gasteiger partial charge on any atom is 0.244 e. The van der Waals surface area contributed by atoms with Crippen molar-refractivity contribution >= 4 is 15.7 Å². The number of carbonyl (C=O) groups is 1. The van der Waals surface area contributed by atoms with Crippen molar-refractivity contribution in [3.05, 3.63) is 71.8 Å². The van der Waals surface area contributed by atoms with Crippen LogP contribution in [-0.2, 0) is 21.2 Å². The van der Waals surface area contributed by atoms with Gasteiger partial charge in [0.2, 0.25) is 5.91 Å². The standard InChI is InChI=1S/C24H31N3O3S/c28-24(27-13-7-12-25(14-15-27)20-21-8-3-1-4-9-21)23(22-10-5-2-6-11-22)26-16-18-31(29,30)19-17-26/h1-6,8-11,23H,7,12-20H2. The second-order valence-corrected chi connectivity index (χ2v) is 10.7. The van der Waals surface area contributed by atoms with E-state index in [1.165, 1.54) is 5.56 Å². The van der Waals surface area contributed by atoms with Gasteiger partial charge in [-0.25, -0.2) is 8.42 Å². The van der Waals surface area contributed by atoms with Crippen molar-refractivity contribution in [2.45, 2.75) is 19.0 Å². The van der Waals surface area contributed by atoms with Crippen LogP contribution in [0.4, 0.5) is 0 Å². The minimum atomic E-state index is -3.00. The van der Waals surface area contributed by atoms with Crippen LogP contribution in [0.25, 0.3) is 0 Å². The van der Waals surface area contributed by atoms with Crippen LogP contribution in [0, 0.1) is 0 Å². The van der Waals surface area contributed by atoms with Gasteiger partial charge in [0.05, 0.1) is 11.5 Å². The van der Waals surface area contributed by atoms with Gasteiger partial charge in [0.25, 0.3) is 0 Å². The average molecular weight is 442 g/mol. The van der Waals surface area contributed by atoms with Crippen molar-refractivity contribution in [2.75, 3.05) is 50.8 Å². The Labute approximate surface area is 185 Å². The van der Waals surface area contributed by atoms with Crippen molar-refractivity contribution < 1.29 is 13.2 Å². The molecular weight excluding hydrogens is 410 g/mol. The lowest BCUT2D eigenvalue weighted by molar-refractivity contribution is -0.137. The molecule has 0 saturated carbocycles. The number of hydrogen-bond acceptors (Lipinski definition) is 5. The average Bonchev–Trinajstić information content (AvgIpc) is 3.02. The SMILES string of the molecule is O=C(C(c1ccccc1)N1CCS(=O)(=O)CC1)N1CCCN(Cc2ccccc2)CC1. The molecule has 0 N–H and O–H groups in total. The fraction of sp³-hybridized carbons (Fsp3) is 0.458. The summed E-state index contributed by atoms with van der Waals surface area (Å²) in [7, 11) is -3.00. The third-order valence-corrected chi connectivity index (χ3v) is 7.85. The highest BCUT2D eigenvalue weighted by atomic mass is 32.2. The Kier molecular flexibility index (Phi) is 7.05. The van der Waals surface area contributed by atoms with Gasteiger partial charge in [-0.2, -0.15) is 0 Å². The number of benzene rings is 2. The molecule has 2 aliphatic rings. The van der Waals surface area contributed by atoms with E-state index in [1.807, 2.05) is 46.2 Å². The lowest BCUT2D eigenvalue weighted by Crippen LogP contribution is -2.49. The van der Waals surface area contributed by atoms with Crippen LogP contribution in [0.3, 0.4) is 0 Å². The summed E-state index contributed by atoms with van der Waals surface area (Å²) in [5, 5.41) is 0. The van der Waals surface area contributed by atoms with Crippen LogP contribution < -0.4 is 0 Å². The second kappa shape index (κ2) is 9.94. The van der Waals surface area contributed by atoms with E-state index in [9.17, 15) is 13.2 Å². The first-order valence-corrected chi connectivity index (χ1v) is 12.9. The summed E-state index contributed by atoms with van der Waals surface area (Å²) in [5.74, 6) is 0.329. The molecule has 1 amide bonds. The van der Waals surface area contributed by atoms with E-state index in [-0.39, 0.29) is 17.4 Å².